The fourth-order valence-corrected chi connectivity index (χ4v) is 2.58. The zero-order valence-corrected chi connectivity index (χ0v) is 13.2. The van der Waals surface area contributed by atoms with Gasteiger partial charge >= 0.3 is 0 Å². The molecule has 0 radical (unpaired) electrons. The van der Waals surface area contributed by atoms with Gasteiger partial charge in [0.2, 0.25) is 5.91 Å². The van der Waals surface area contributed by atoms with Crippen LogP contribution < -0.4 is 16.0 Å². The van der Waals surface area contributed by atoms with Crippen molar-refractivity contribution in [3.63, 3.8) is 0 Å². The van der Waals surface area contributed by atoms with Gasteiger partial charge in [-0.05, 0) is 50.4 Å². The lowest BCUT2D eigenvalue weighted by atomic mass is 10.1. The Labute approximate surface area is 136 Å². The van der Waals surface area contributed by atoms with E-state index in [-0.39, 0.29) is 30.1 Å². The van der Waals surface area contributed by atoms with Crippen molar-refractivity contribution in [2.45, 2.75) is 31.7 Å². The van der Waals surface area contributed by atoms with Crippen molar-refractivity contribution in [2.75, 3.05) is 18.4 Å². The van der Waals surface area contributed by atoms with E-state index >= 15 is 0 Å². The minimum atomic E-state index is -0.0915. The molecule has 22 heavy (non-hydrogen) atoms. The van der Waals surface area contributed by atoms with Gasteiger partial charge in [0.25, 0.3) is 5.91 Å². The highest BCUT2D eigenvalue weighted by atomic mass is 35.5. The Morgan fingerprint density at radius 2 is 2.05 bits per heavy atom. The molecule has 2 aliphatic rings. The topological polar surface area (TPSA) is 70.2 Å². The summed E-state index contributed by atoms with van der Waals surface area (Å²) in [5.41, 5.74) is 1.28. The van der Waals surface area contributed by atoms with Gasteiger partial charge in [0.05, 0.1) is 0 Å². The summed E-state index contributed by atoms with van der Waals surface area (Å²) in [6.07, 6.45) is 4.22. The van der Waals surface area contributed by atoms with E-state index in [1.165, 1.54) is 6.42 Å². The number of nitrogens with one attached hydrogen (secondary N) is 3. The quantitative estimate of drug-likeness (QED) is 0.775. The molecule has 0 spiro atoms. The molecule has 1 atom stereocenters. The van der Waals surface area contributed by atoms with Gasteiger partial charge in [-0.15, -0.1) is 12.4 Å². The first-order valence-electron chi connectivity index (χ1n) is 7.65. The van der Waals surface area contributed by atoms with E-state index < -0.39 is 0 Å². The molecule has 1 unspecified atom stereocenters. The second kappa shape index (κ2) is 7.61. The number of hydrogen-bond acceptors (Lipinski definition) is 3. The molecular formula is C16H22ClN3O2. The molecular weight excluding hydrogens is 302 g/mol. The fraction of sp³-hybridized carbons (Fsp3) is 0.500. The van der Waals surface area contributed by atoms with Gasteiger partial charge < -0.3 is 16.0 Å². The first-order valence-corrected chi connectivity index (χ1v) is 7.65. The van der Waals surface area contributed by atoms with Crippen LogP contribution in [0.5, 0.6) is 0 Å². The molecule has 1 aromatic carbocycles. The molecule has 120 valence electrons. The standard InChI is InChI=1S/C16H21N3O2.ClH/c20-15(18-10-14-5-2-8-17-14)12-3-1-4-13(9-12)19-16(21)11-6-7-11;/h1,3-4,9,11,14,17H,2,5-8,10H2,(H,18,20)(H,19,21);1H. The average molecular weight is 324 g/mol. The Morgan fingerprint density at radius 1 is 1.23 bits per heavy atom. The minimum absolute atomic E-state index is 0. The average Bonchev–Trinajstić information content (AvgIpc) is 3.22. The molecule has 1 aliphatic heterocycles. The lowest BCUT2D eigenvalue weighted by Crippen LogP contribution is -2.37. The number of halogens is 1. The number of rotatable bonds is 5. The van der Waals surface area contributed by atoms with Gasteiger partial charge in [0.15, 0.2) is 0 Å². The van der Waals surface area contributed by atoms with Gasteiger partial charge in [-0.3, -0.25) is 9.59 Å². The summed E-state index contributed by atoms with van der Waals surface area (Å²) in [6.45, 7) is 1.68. The number of carbonyl (C=O) groups excluding carboxylic acids is 2. The van der Waals surface area contributed by atoms with Crippen LogP contribution in [0.15, 0.2) is 24.3 Å². The zero-order chi connectivity index (χ0) is 14.7. The maximum absolute atomic E-state index is 12.1. The smallest absolute Gasteiger partial charge is 0.251 e. The molecule has 1 heterocycles. The Kier molecular flexibility index (Phi) is 5.80. The summed E-state index contributed by atoms with van der Waals surface area (Å²) >= 11 is 0. The number of hydrogen-bond donors (Lipinski definition) is 3. The number of carbonyl (C=O) groups is 2. The molecule has 1 aromatic rings. The number of anilines is 1. The summed E-state index contributed by atoms with van der Waals surface area (Å²) in [6, 6.07) is 7.50. The zero-order valence-electron chi connectivity index (χ0n) is 12.4. The SMILES string of the molecule is Cl.O=C(NCC1CCCN1)c1cccc(NC(=O)C2CC2)c1. The van der Waals surface area contributed by atoms with Crippen molar-refractivity contribution in [2.24, 2.45) is 5.92 Å². The molecule has 1 aliphatic carbocycles. The molecule has 0 bridgehead atoms. The van der Waals surface area contributed by atoms with Crippen molar-refractivity contribution in [1.29, 1.82) is 0 Å². The third kappa shape index (κ3) is 4.45. The van der Waals surface area contributed by atoms with E-state index in [1.807, 2.05) is 6.07 Å². The first-order chi connectivity index (χ1) is 10.2. The lowest BCUT2D eigenvalue weighted by molar-refractivity contribution is -0.117. The predicted octanol–water partition coefficient (Wildman–Crippen LogP) is 1.94. The van der Waals surface area contributed by atoms with E-state index in [1.54, 1.807) is 18.2 Å². The normalized spacial score (nSPS) is 20.1. The van der Waals surface area contributed by atoms with Crippen molar-refractivity contribution >= 4 is 29.9 Å². The maximum atomic E-state index is 12.1. The largest absolute Gasteiger partial charge is 0.350 e. The Balaban J connectivity index is 0.00000176. The minimum Gasteiger partial charge on any atom is -0.350 e. The van der Waals surface area contributed by atoms with Crippen LogP contribution in [0.1, 0.15) is 36.0 Å². The van der Waals surface area contributed by atoms with Gasteiger partial charge in [-0.2, -0.15) is 0 Å². The van der Waals surface area contributed by atoms with E-state index in [0.29, 0.717) is 23.8 Å². The predicted molar refractivity (Wildman–Crippen MR) is 88.4 cm³/mol. The van der Waals surface area contributed by atoms with Crippen LogP contribution in [-0.4, -0.2) is 30.9 Å². The lowest BCUT2D eigenvalue weighted by Gasteiger charge is -2.12. The molecule has 6 heteroatoms. The second-order valence-electron chi connectivity index (χ2n) is 5.85. The molecule has 2 fully saturated rings. The highest BCUT2D eigenvalue weighted by Gasteiger charge is 2.29. The van der Waals surface area contributed by atoms with Gasteiger partial charge in [0, 0.05) is 29.8 Å². The van der Waals surface area contributed by atoms with E-state index in [4.69, 9.17) is 0 Å². The molecule has 3 rings (SSSR count). The van der Waals surface area contributed by atoms with E-state index in [0.717, 1.165) is 25.8 Å². The fourth-order valence-electron chi connectivity index (χ4n) is 2.58. The van der Waals surface area contributed by atoms with E-state index in [9.17, 15) is 9.59 Å². The van der Waals surface area contributed by atoms with Gasteiger partial charge in [-0.25, -0.2) is 0 Å². The molecule has 1 saturated carbocycles. The summed E-state index contributed by atoms with van der Waals surface area (Å²) in [7, 11) is 0. The molecule has 5 nitrogen and oxygen atoms in total. The van der Waals surface area contributed by atoms with Gasteiger partial charge in [-0.1, -0.05) is 6.07 Å². The van der Waals surface area contributed by atoms with Crippen LogP contribution in [0.3, 0.4) is 0 Å². The van der Waals surface area contributed by atoms with Crippen LogP contribution >= 0.6 is 12.4 Å². The highest BCUT2D eigenvalue weighted by Crippen LogP contribution is 2.30. The van der Waals surface area contributed by atoms with Gasteiger partial charge in [0.1, 0.15) is 0 Å². The number of benzene rings is 1. The van der Waals surface area contributed by atoms with Crippen LogP contribution in [0.25, 0.3) is 0 Å². The van der Waals surface area contributed by atoms with Crippen molar-refractivity contribution in [3.8, 4) is 0 Å². The Bertz CT molecular complexity index is 540. The second-order valence-corrected chi connectivity index (χ2v) is 5.85. The molecule has 1 saturated heterocycles. The molecule has 2 amide bonds. The van der Waals surface area contributed by atoms with Crippen LogP contribution in [0.2, 0.25) is 0 Å². The summed E-state index contributed by atoms with van der Waals surface area (Å²) in [5, 5.41) is 9.16. The van der Waals surface area contributed by atoms with Crippen LogP contribution in [-0.2, 0) is 4.79 Å². The molecule has 0 aromatic heterocycles. The van der Waals surface area contributed by atoms with Crippen molar-refractivity contribution in [3.05, 3.63) is 29.8 Å². The Morgan fingerprint density at radius 3 is 2.73 bits per heavy atom. The van der Waals surface area contributed by atoms with Crippen molar-refractivity contribution in [1.82, 2.24) is 10.6 Å². The van der Waals surface area contributed by atoms with Crippen LogP contribution in [0, 0.1) is 5.92 Å². The summed E-state index contributed by atoms with van der Waals surface area (Å²) in [5.74, 6) is 0.129. The highest BCUT2D eigenvalue weighted by molar-refractivity contribution is 5.98. The number of amides is 2. The maximum Gasteiger partial charge on any atom is 0.251 e. The third-order valence-electron chi connectivity index (χ3n) is 4.01. The Hall–Kier alpha value is -1.59. The van der Waals surface area contributed by atoms with E-state index in [2.05, 4.69) is 16.0 Å². The summed E-state index contributed by atoms with van der Waals surface area (Å²) in [4.78, 5) is 23.9. The molecule has 3 N–H and O–H groups in total. The van der Waals surface area contributed by atoms with Crippen LogP contribution in [0.4, 0.5) is 5.69 Å². The first kappa shape index (κ1) is 16.8. The summed E-state index contributed by atoms with van der Waals surface area (Å²) < 4.78 is 0. The third-order valence-corrected chi connectivity index (χ3v) is 4.01. The monoisotopic (exact) mass is 323 g/mol. The van der Waals surface area contributed by atoms with Crippen molar-refractivity contribution < 1.29 is 9.59 Å².